The van der Waals surface area contributed by atoms with Crippen LogP contribution in [0.4, 0.5) is 5.69 Å². The van der Waals surface area contributed by atoms with Gasteiger partial charge in [0.1, 0.15) is 11.9 Å². The number of nitrogens with one attached hydrogen (secondary N) is 1. The second-order valence-electron chi connectivity index (χ2n) is 11.1. The maximum Gasteiger partial charge on any atom is 0.269 e. The van der Waals surface area contributed by atoms with Crippen LogP contribution in [-0.4, -0.2) is 73.2 Å². The van der Waals surface area contributed by atoms with Crippen molar-refractivity contribution >= 4 is 33.2 Å². The zero-order valence-electron chi connectivity index (χ0n) is 24.5. The van der Waals surface area contributed by atoms with Gasteiger partial charge in [0.25, 0.3) is 11.6 Å². The van der Waals surface area contributed by atoms with Crippen LogP contribution in [-0.2, 0) is 21.2 Å². The maximum atomic E-state index is 13.6. The van der Waals surface area contributed by atoms with Gasteiger partial charge in [-0.05, 0) is 48.2 Å². The van der Waals surface area contributed by atoms with Crippen molar-refractivity contribution in [2.75, 3.05) is 26.3 Å². The molecule has 0 radical (unpaired) electrons. The second kappa shape index (κ2) is 15.0. The van der Waals surface area contributed by atoms with Crippen LogP contribution in [0.1, 0.15) is 36.2 Å². The number of ether oxygens (including phenoxy) is 2. The van der Waals surface area contributed by atoms with Gasteiger partial charge in [-0.3, -0.25) is 14.9 Å². The third-order valence-corrected chi connectivity index (χ3v) is 9.11. The van der Waals surface area contributed by atoms with Gasteiger partial charge in [0.15, 0.2) is 0 Å². The number of benzene rings is 3. The first-order valence-corrected chi connectivity index (χ1v) is 16.1. The molecule has 0 saturated carbocycles. The van der Waals surface area contributed by atoms with Crippen molar-refractivity contribution in [3.63, 3.8) is 0 Å². The molecule has 3 aromatic rings. The van der Waals surface area contributed by atoms with E-state index in [4.69, 9.17) is 21.1 Å². The Morgan fingerprint density at radius 2 is 1.84 bits per heavy atom. The summed E-state index contributed by atoms with van der Waals surface area (Å²) in [5.74, 6) is -0.211. The Morgan fingerprint density at radius 1 is 1.14 bits per heavy atom. The van der Waals surface area contributed by atoms with E-state index >= 15 is 0 Å². The van der Waals surface area contributed by atoms with E-state index < -0.39 is 33.0 Å². The molecule has 1 heterocycles. The van der Waals surface area contributed by atoms with Crippen molar-refractivity contribution < 1.29 is 32.7 Å². The van der Waals surface area contributed by atoms with E-state index in [0.29, 0.717) is 24.0 Å². The fourth-order valence-corrected chi connectivity index (χ4v) is 6.71. The molecule has 44 heavy (non-hydrogen) atoms. The number of nitrogens with zero attached hydrogens (tertiary/aromatic N) is 2. The molecule has 1 saturated heterocycles. The Labute approximate surface area is 261 Å². The predicted molar refractivity (Wildman–Crippen MR) is 165 cm³/mol. The molecule has 0 bridgehead atoms. The van der Waals surface area contributed by atoms with Crippen molar-refractivity contribution in [1.82, 2.24) is 9.62 Å². The highest BCUT2D eigenvalue weighted by molar-refractivity contribution is 7.89. The number of hydrogen-bond acceptors (Lipinski definition) is 8. The van der Waals surface area contributed by atoms with Gasteiger partial charge in [0.2, 0.25) is 10.0 Å². The minimum atomic E-state index is -4.15. The highest BCUT2D eigenvalue weighted by atomic mass is 35.5. The number of carbonyl (C=O) groups is 1. The molecule has 13 heteroatoms. The second-order valence-corrected chi connectivity index (χ2v) is 13.5. The molecule has 4 rings (SSSR count). The lowest BCUT2D eigenvalue weighted by atomic mass is 10.00. The van der Waals surface area contributed by atoms with Crippen LogP contribution in [0.5, 0.6) is 5.75 Å². The van der Waals surface area contributed by atoms with E-state index in [1.165, 1.54) is 18.2 Å². The Hall–Kier alpha value is -3.55. The van der Waals surface area contributed by atoms with E-state index in [0.717, 1.165) is 28.4 Å². The number of non-ortho nitro benzene ring substituents is 1. The predicted octanol–water partition coefficient (Wildman–Crippen LogP) is 4.46. The van der Waals surface area contributed by atoms with Gasteiger partial charge in [0, 0.05) is 42.2 Å². The molecule has 0 aliphatic carbocycles. The summed E-state index contributed by atoms with van der Waals surface area (Å²) in [7, 11) is -4.15. The number of halogens is 1. The number of nitro benzene ring substituents is 1. The fraction of sp³-hybridized carbons (Fsp3) is 0.387. The summed E-state index contributed by atoms with van der Waals surface area (Å²) in [4.78, 5) is 23.8. The Balaban J connectivity index is 1.58. The number of nitro groups is 1. The summed E-state index contributed by atoms with van der Waals surface area (Å²) >= 11 is 6.31. The molecule has 3 aromatic carbocycles. The van der Waals surface area contributed by atoms with Crippen LogP contribution in [0.15, 0.2) is 77.7 Å². The van der Waals surface area contributed by atoms with E-state index in [2.05, 4.69) is 5.32 Å². The van der Waals surface area contributed by atoms with Crippen molar-refractivity contribution in [2.45, 2.75) is 49.8 Å². The summed E-state index contributed by atoms with van der Waals surface area (Å²) in [5, 5.41) is 25.7. The average molecular weight is 646 g/mol. The van der Waals surface area contributed by atoms with Crippen LogP contribution in [0.3, 0.4) is 0 Å². The van der Waals surface area contributed by atoms with Crippen LogP contribution in [0, 0.1) is 16.0 Å². The van der Waals surface area contributed by atoms with Gasteiger partial charge in [0.05, 0.1) is 35.2 Å². The molecule has 1 amide bonds. The minimum absolute atomic E-state index is 0.0717. The van der Waals surface area contributed by atoms with E-state index in [-0.39, 0.29) is 47.7 Å². The van der Waals surface area contributed by atoms with Gasteiger partial charge >= 0.3 is 0 Å². The first-order chi connectivity index (χ1) is 20.9. The fourth-order valence-electron chi connectivity index (χ4n) is 4.87. The summed E-state index contributed by atoms with van der Waals surface area (Å²) in [6, 6.07) is 17.6. The first-order valence-electron chi connectivity index (χ1n) is 14.2. The van der Waals surface area contributed by atoms with Gasteiger partial charge in [-0.2, -0.15) is 4.31 Å². The molecule has 11 nitrogen and oxygen atoms in total. The summed E-state index contributed by atoms with van der Waals surface area (Å²) in [6.07, 6.45) is -0.544. The monoisotopic (exact) mass is 645 g/mol. The molecular formula is C31H36ClN3O8S. The third-order valence-electron chi connectivity index (χ3n) is 7.05. The Kier molecular flexibility index (Phi) is 11.3. The van der Waals surface area contributed by atoms with Gasteiger partial charge < -0.3 is 19.9 Å². The number of sulfonamides is 1. The standard InChI is InChI=1S/C31H36ClN3O8S/c1-21(2)18-34(44(40,41)28-10-8-25(9-11-28)35(38)39)19-30(36)29(14-22-6-4-3-5-7-22)33-31(37)23-15-24(32)17-27(16-23)43-26-12-13-42-20-26/h3-11,15-17,21,26,29-30,36H,12-14,18-20H2,1-2H3,(H,33,37)/t26-,29-,30+/m0/s1. The molecule has 0 unspecified atom stereocenters. The van der Waals surface area contributed by atoms with Crippen LogP contribution in [0.2, 0.25) is 5.02 Å². The number of aliphatic hydroxyl groups excluding tert-OH is 1. The van der Waals surface area contributed by atoms with Gasteiger partial charge in [-0.25, -0.2) is 8.42 Å². The zero-order valence-corrected chi connectivity index (χ0v) is 26.0. The first kappa shape index (κ1) is 33.3. The molecule has 1 aliphatic heterocycles. The molecule has 2 N–H and O–H groups in total. The summed E-state index contributed by atoms with van der Waals surface area (Å²) in [6.45, 7) is 4.44. The lowest BCUT2D eigenvalue weighted by Crippen LogP contribution is -2.51. The van der Waals surface area contributed by atoms with Crippen molar-refractivity contribution in [1.29, 1.82) is 0 Å². The molecule has 1 fully saturated rings. The van der Waals surface area contributed by atoms with Crippen molar-refractivity contribution in [3.8, 4) is 5.75 Å². The van der Waals surface area contributed by atoms with E-state index in [9.17, 15) is 28.4 Å². The molecule has 1 aliphatic rings. The molecule has 236 valence electrons. The normalized spacial score (nSPS) is 16.5. The zero-order chi connectivity index (χ0) is 31.9. The minimum Gasteiger partial charge on any atom is -0.488 e. The summed E-state index contributed by atoms with van der Waals surface area (Å²) < 4.78 is 39.7. The van der Waals surface area contributed by atoms with Gasteiger partial charge in [-0.1, -0.05) is 55.8 Å². The SMILES string of the molecule is CC(C)CN(C[C@@H](O)[C@H](Cc1ccccc1)NC(=O)c1cc(Cl)cc(O[C@H]2CCOC2)c1)S(=O)(=O)c1ccc([N+](=O)[O-])cc1. The maximum absolute atomic E-state index is 13.6. The average Bonchev–Trinajstić information content (AvgIpc) is 3.49. The largest absolute Gasteiger partial charge is 0.488 e. The quantitative estimate of drug-likeness (QED) is 0.193. The Bertz CT molecular complexity index is 1530. The van der Waals surface area contributed by atoms with Gasteiger partial charge in [-0.15, -0.1) is 0 Å². The van der Waals surface area contributed by atoms with Crippen LogP contribution >= 0.6 is 11.6 Å². The van der Waals surface area contributed by atoms with Crippen molar-refractivity contribution in [3.05, 3.63) is 99.1 Å². The highest BCUT2D eigenvalue weighted by Gasteiger charge is 2.32. The lowest BCUT2D eigenvalue weighted by molar-refractivity contribution is -0.384. The van der Waals surface area contributed by atoms with Crippen LogP contribution < -0.4 is 10.1 Å². The number of rotatable bonds is 14. The molecule has 0 aromatic heterocycles. The molecule has 0 spiro atoms. The number of carbonyl (C=O) groups excluding carboxylic acids is 1. The third kappa shape index (κ3) is 8.99. The summed E-state index contributed by atoms with van der Waals surface area (Å²) in [5.41, 5.74) is 0.798. The molecule has 3 atom stereocenters. The van der Waals surface area contributed by atoms with E-state index in [1.807, 2.05) is 44.2 Å². The smallest absolute Gasteiger partial charge is 0.269 e. The highest BCUT2D eigenvalue weighted by Crippen LogP contribution is 2.25. The van der Waals surface area contributed by atoms with E-state index in [1.54, 1.807) is 12.1 Å². The van der Waals surface area contributed by atoms with Crippen LogP contribution in [0.25, 0.3) is 0 Å². The number of hydrogen-bond donors (Lipinski definition) is 2. The topological polar surface area (TPSA) is 148 Å². The lowest BCUT2D eigenvalue weighted by Gasteiger charge is -2.31. The number of aliphatic hydroxyl groups is 1. The number of amides is 1. The van der Waals surface area contributed by atoms with Crippen molar-refractivity contribution in [2.24, 2.45) is 5.92 Å². The Morgan fingerprint density at radius 3 is 2.45 bits per heavy atom. The molecular weight excluding hydrogens is 610 g/mol.